The fourth-order valence-electron chi connectivity index (χ4n) is 2.51. The third kappa shape index (κ3) is 4.36. The van der Waals surface area contributed by atoms with Crippen LogP contribution in [0.15, 0.2) is 42.4 Å². The average Bonchev–Trinajstić information content (AvgIpc) is 3.32. The van der Waals surface area contributed by atoms with Gasteiger partial charge in [0, 0.05) is 41.5 Å². The van der Waals surface area contributed by atoms with Gasteiger partial charge in [0.15, 0.2) is 0 Å². The molecular weight excluding hydrogens is 334 g/mol. The van der Waals surface area contributed by atoms with Crippen LogP contribution in [0.25, 0.3) is 0 Å². The van der Waals surface area contributed by atoms with Gasteiger partial charge in [-0.25, -0.2) is 9.97 Å². The molecule has 0 aromatic carbocycles. The van der Waals surface area contributed by atoms with Crippen LogP contribution >= 0.6 is 11.3 Å². The van der Waals surface area contributed by atoms with Crippen molar-refractivity contribution in [2.75, 3.05) is 0 Å². The van der Waals surface area contributed by atoms with Crippen LogP contribution in [0.4, 0.5) is 0 Å². The summed E-state index contributed by atoms with van der Waals surface area (Å²) in [6, 6.07) is 3.52. The van der Waals surface area contributed by atoms with Gasteiger partial charge in [-0.2, -0.15) is 0 Å². The van der Waals surface area contributed by atoms with Crippen LogP contribution in [-0.4, -0.2) is 25.4 Å². The number of thiazole rings is 1. The summed E-state index contributed by atoms with van der Waals surface area (Å²) in [4.78, 5) is 24.5. The Kier molecular flexibility index (Phi) is 5.03. The maximum Gasteiger partial charge on any atom is 0.243 e. The molecule has 0 aliphatic heterocycles. The SMILES string of the molecule is CC(C)(C)c1csc(CNC(=O)C(Cc2cnc[nH]2)n2cccc2)n1. The molecule has 3 aromatic rings. The van der Waals surface area contributed by atoms with E-state index in [1.54, 1.807) is 23.9 Å². The number of imidazole rings is 1. The number of rotatable bonds is 6. The van der Waals surface area contributed by atoms with Crippen molar-refractivity contribution in [3.05, 3.63) is 58.8 Å². The van der Waals surface area contributed by atoms with E-state index in [0.29, 0.717) is 13.0 Å². The maximum atomic E-state index is 12.8. The molecule has 2 N–H and O–H groups in total. The summed E-state index contributed by atoms with van der Waals surface area (Å²) in [5.74, 6) is -0.0293. The Bertz CT molecular complexity index is 799. The molecule has 3 aromatic heterocycles. The Morgan fingerprint density at radius 3 is 2.72 bits per heavy atom. The van der Waals surface area contributed by atoms with Gasteiger partial charge in [-0.05, 0) is 12.1 Å². The number of nitrogens with zero attached hydrogens (tertiary/aromatic N) is 3. The van der Waals surface area contributed by atoms with E-state index < -0.39 is 0 Å². The molecular formula is C18H23N5OS. The first kappa shape index (κ1) is 17.4. The van der Waals surface area contributed by atoms with Gasteiger partial charge >= 0.3 is 0 Å². The van der Waals surface area contributed by atoms with Crippen molar-refractivity contribution in [2.45, 2.75) is 45.2 Å². The first-order valence-electron chi connectivity index (χ1n) is 8.26. The van der Waals surface area contributed by atoms with Crippen LogP contribution in [0.2, 0.25) is 0 Å². The number of aromatic amines is 1. The molecule has 0 radical (unpaired) electrons. The van der Waals surface area contributed by atoms with Crippen molar-refractivity contribution >= 4 is 17.2 Å². The number of hydrogen-bond donors (Lipinski definition) is 2. The normalized spacial score (nSPS) is 12.9. The van der Waals surface area contributed by atoms with E-state index in [2.05, 4.69) is 46.4 Å². The first-order valence-corrected chi connectivity index (χ1v) is 9.14. The van der Waals surface area contributed by atoms with Crippen LogP contribution in [-0.2, 0) is 23.2 Å². The zero-order chi connectivity index (χ0) is 17.9. The highest BCUT2D eigenvalue weighted by molar-refractivity contribution is 7.09. The number of H-pyrrole nitrogens is 1. The lowest BCUT2D eigenvalue weighted by Gasteiger charge is -2.18. The zero-order valence-electron chi connectivity index (χ0n) is 14.7. The second-order valence-electron chi connectivity index (χ2n) is 7.02. The van der Waals surface area contributed by atoms with Crippen LogP contribution in [0, 0.1) is 0 Å². The molecule has 3 heterocycles. The number of nitrogens with one attached hydrogen (secondary N) is 2. The fourth-order valence-corrected chi connectivity index (χ4v) is 3.47. The molecule has 1 amide bonds. The van der Waals surface area contributed by atoms with E-state index in [4.69, 9.17) is 0 Å². The molecule has 3 rings (SSSR count). The van der Waals surface area contributed by atoms with Gasteiger partial charge in [0.05, 0.1) is 18.6 Å². The highest BCUT2D eigenvalue weighted by Crippen LogP contribution is 2.24. The standard InChI is InChI=1S/C18H23N5OS/c1-18(2,3)15-11-25-16(22-15)10-20-17(24)14(23-6-4-5-7-23)8-13-9-19-12-21-13/h4-7,9,11-12,14H,8,10H2,1-3H3,(H,19,21)(H,20,24). The summed E-state index contributed by atoms with van der Waals surface area (Å²) in [6.07, 6.45) is 7.75. The fraction of sp³-hybridized carbons (Fsp3) is 0.389. The molecule has 0 spiro atoms. The summed E-state index contributed by atoms with van der Waals surface area (Å²) < 4.78 is 1.92. The van der Waals surface area contributed by atoms with Crippen LogP contribution < -0.4 is 5.32 Å². The maximum absolute atomic E-state index is 12.8. The highest BCUT2D eigenvalue weighted by Gasteiger charge is 2.22. The van der Waals surface area contributed by atoms with Crippen LogP contribution in [0.3, 0.4) is 0 Å². The molecule has 0 saturated carbocycles. The van der Waals surface area contributed by atoms with Gasteiger partial charge in [0.2, 0.25) is 5.91 Å². The second-order valence-corrected chi connectivity index (χ2v) is 7.96. The number of hydrogen-bond acceptors (Lipinski definition) is 4. The topological polar surface area (TPSA) is 75.6 Å². The molecule has 25 heavy (non-hydrogen) atoms. The summed E-state index contributed by atoms with van der Waals surface area (Å²) in [6.45, 7) is 6.85. The lowest BCUT2D eigenvalue weighted by Crippen LogP contribution is -2.33. The minimum absolute atomic E-state index is 0.0209. The van der Waals surface area contributed by atoms with E-state index in [1.807, 2.05) is 29.1 Å². The van der Waals surface area contributed by atoms with E-state index in [0.717, 1.165) is 16.4 Å². The molecule has 0 saturated heterocycles. The molecule has 7 heteroatoms. The zero-order valence-corrected chi connectivity index (χ0v) is 15.5. The number of aromatic nitrogens is 4. The van der Waals surface area contributed by atoms with Gasteiger partial charge in [-0.1, -0.05) is 20.8 Å². The van der Waals surface area contributed by atoms with Crippen molar-refractivity contribution in [1.29, 1.82) is 0 Å². The van der Waals surface area contributed by atoms with E-state index in [1.165, 1.54) is 0 Å². The van der Waals surface area contributed by atoms with Crippen LogP contribution in [0.1, 0.15) is 43.2 Å². The quantitative estimate of drug-likeness (QED) is 0.712. The Morgan fingerprint density at radius 1 is 1.36 bits per heavy atom. The Hall–Kier alpha value is -2.41. The van der Waals surface area contributed by atoms with Crippen molar-refractivity contribution in [3.8, 4) is 0 Å². The summed E-state index contributed by atoms with van der Waals surface area (Å²) in [7, 11) is 0. The number of carbonyl (C=O) groups is 1. The number of amides is 1. The summed E-state index contributed by atoms with van der Waals surface area (Å²) in [5.41, 5.74) is 2.01. The van der Waals surface area contributed by atoms with Gasteiger partial charge in [0.25, 0.3) is 0 Å². The third-order valence-corrected chi connectivity index (χ3v) is 4.84. The van der Waals surface area contributed by atoms with Crippen molar-refractivity contribution in [3.63, 3.8) is 0 Å². The molecule has 1 atom stereocenters. The van der Waals surface area contributed by atoms with E-state index in [9.17, 15) is 4.79 Å². The molecule has 6 nitrogen and oxygen atoms in total. The third-order valence-electron chi connectivity index (χ3n) is 3.99. The predicted octanol–water partition coefficient (Wildman–Crippen LogP) is 3.07. The molecule has 0 aliphatic carbocycles. The van der Waals surface area contributed by atoms with Crippen molar-refractivity contribution in [2.24, 2.45) is 0 Å². The molecule has 0 bridgehead atoms. The summed E-state index contributed by atoms with van der Waals surface area (Å²) in [5, 5.41) is 6.01. The Morgan fingerprint density at radius 2 is 2.12 bits per heavy atom. The van der Waals surface area contributed by atoms with Crippen molar-refractivity contribution in [1.82, 2.24) is 24.8 Å². The van der Waals surface area contributed by atoms with Crippen LogP contribution in [0.5, 0.6) is 0 Å². The lowest BCUT2D eigenvalue weighted by atomic mass is 9.93. The average molecular weight is 357 g/mol. The van der Waals surface area contributed by atoms with Gasteiger partial charge in [-0.15, -0.1) is 11.3 Å². The first-order chi connectivity index (χ1) is 11.9. The minimum atomic E-state index is -0.322. The monoisotopic (exact) mass is 357 g/mol. The van der Waals surface area contributed by atoms with Gasteiger partial charge in [-0.3, -0.25) is 4.79 Å². The molecule has 1 unspecified atom stereocenters. The highest BCUT2D eigenvalue weighted by atomic mass is 32.1. The van der Waals surface area contributed by atoms with E-state index in [-0.39, 0.29) is 17.4 Å². The predicted molar refractivity (Wildman–Crippen MR) is 98.4 cm³/mol. The van der Waals surface area contributed by atoms with Crippen molar-refractivity contribution < 1.29 is 4.79 Å². The molecule has 0 aliphatic rings. The van der Waals surface area contributed by atoms with E-state index >= 15 is 0 Å². The number of carbonyl (C=O) groups excluding carboxylic acids is 1. The smallest absolute Gasteiger partial charge is 0.243 e. The second kappa shape index (κ2) is 7.23. The largest absolute Gasteiger partial charge is 0.348 e. The van der Waals surface area contributed by atoms with Gasteiger partial charge in [0.1, 0.15) is 11.0 Å². The minimum Gasteiger partial charge on any atom is -0.348 e. The van der Waals surface area contributed by atoms with Gasteiger partial charge < -0.3 is 14.9 Å². The molecule has 0 fully saturated rings. The molecule has 132 valence electrons. The Balaban J connectivity index is 1.67. The lowest BCUT2D eigenvalue weighted by molar-refractivity contribution is -0.124. The summed E-state index contributed by atoms with van der Waals surface area (Å²) >= 11 is 1.58. The Labute approximate surface area is 151 Å².